The van der Waals surface area contributed by atoms with Crippen LogP contribution in [0, 0.1) is 17.1 Å². The second-order valence-corrected chi connectivity index (χ2v) is 8.05. The van der Waals surface area contributed by atoms with Crippen LogP contribution in [0.4, 0.5) is 10.1 Å². The number of imidazole rings is 1. The van der Waals surface area contributed by atoms with Crippen LogP contribution in [0.3, 0.4) is 0 Å². The first kappa shape index (κ1) is 22.4. The number of hydrogen-bond acceptors (Lipinski definition) is 5. The highest BCUT2D eigenvalue weighted by Gasteiger charge is 2.21. The van der Waals surface area contributed by atoms with E-state index in [0.717, 1.165) is 22.5 Å². The number of aromatic nitrogens is 2. The number of halogens is 1. The number of thioether (sulfide) groups is 1. The van der Waals surface area contributed by atoms with E-state index in [-0.39, 0.29) is 30.3 Å². The lowest BCUT2D eigenvalue weighted by molar-refractivity contribution is -0.116. The Morgan fingerprint density at radius 1 is 1.12 bits per heavy atom. The number of nitrogens with zero attached hydrogens (tertiary/aromatic N) is 4. The fourth-order valence-corrected chi connectivity index (χ4v) is 4.40. The van der Waals surface area contributed by atoms with Crippen LogP contribution < -0.4 is 9.64 Å². The van der Waals surface area contributed by atoms with Crippen LogP contribution in [0.25, 0.3) is 16.7 Å². The highest BCUT2D eigenvalue weighted by Crippen LogP contribution is 2.30. The number of nitriles is 1. The summed E-state index contributed by atoms with van der Waals surface area (Å²) >= 11 is 1.27. The molecule has 0 aliphatic carbocycles. The van der Waals surface area contributed by atoms with E-state index >= 15 is 0 Å². The summed E-state index contributed by atoms with van der Waals surface area (Å²) in [5, 5.41) is 9.63. The molecule has 3 aromatic carbocycles. The van der Waals surface area contributed by atoms with Gasteiger partial charge in [0.2, 0.25) is 5.91 Å². The SMILES string of the molecule is COc1ccc(-n2c(SCC(=O)N(CCC#N)c3ccccc3F)nc3ccccc32)cc1. The molecule has 0 bridgehead atoms. The molecule has 8 heteroatoms. The molecule has 4 rings (SSSR count). The number of carbonyl (C=O) groups is 1. The molecule has 0 saturated heterocycles. The van der Waals surface area contributed by atoms with E-state index in [0.29, 0.717) is 5.16 Å². The van der Waals surface area contributed by atoms with Gasteiger partial charge in [-0.3, -0.25) is 9.36 Å². The van der Waals surface area contributed by atoms with Crippen molar-refractivity contribution in [3.05, 3.63) is 78.6 Å². The molecule has 33 heavy (non-hydrogen) atoms. The first-order valence-electron chi connectivity index (χ1n) is 10.3. The molecule has 0 saturated carbocycles. The van der Waals surface area contributed by atoms with E-state index in [1.165, 1.54) is 22.7 Å². The first-order valence-corrected chi connectivity index (χ1v) is 11.3. The van der Waals surface area contributed by atoms with E-state index in [9.17, 15) is 9.18 Å². The van der Waals surface area contributed by atoms with E-state index in [4.69, 9.17) is 15.0 Å². The van der Waals surface area contributed by atoms with Crippen molar-refractivity contribution in [1.29, 1.82) is 5.26 Å². The maximum absolute atomic E-state index is 14.4. The van der Waals surface area contributed by atoms with Crippen LogP contribution in [-0.2, 0) is 4.79 Å². The van der Waals surface area contributed by atoms with E-state index in [1.54, 1.807) is 25.3 Å². The van der Waals surface area contributed by atoms with Gasteiger partial charge < -0.3 is 9.64 Å². The average Bonchev–Trinajstić information content (AvgIpc) is 3.22. The summed E-state index contributed by atoms with van der Waals surface area (Å²) in [7, 11) is 1.61. The number of carbonyl (C=O) groups excluding carboxylic acids is 1. The predicted molar refractivity (Wildman–Crippen MR) is 127 cm³/mol. The molecule has 1 heterocycles. The van der Waals surface area contributed by atoms with E-state index < -0.39 is 5.82 Å². The minimum atomic E-state index is -0.501. The number of methoxy groups -OCH3 is 1. The quantitative estimate of drug-likeness (QED) is 0.338. The number of ether oxygens (including phenoxy) is 1. The Bertz CT molecular complexity index is 1310. The molecule has 0 radical (unpaired) electrons. The highest BCUT2D eigenvalue weighted by molar-refractivity contribution is 7.99. The summed E-state index contributed by atoms with van der Waals surface area (Å²) in [5.41, 5.74) is 2.77. The van der Waals surface area contributed by atoms with Gasteiger partial charge in [0, 0.05) is 12.2 Å². The lowest BCUT2D eigenvalue weighted by Gasteiger charge is -2.22. The van der Waals surface area contributed by atoms with Crippen molar-refractivity contribution >= 4 is 34.4 Å². The second-order valence-electron chi connectivity index (χ2n) is 7.11. The van der Waals surface area contributed by atoms with Crippen molar-refractivity contribution in [1.82, 2.24) is 9.55 Å². The van der Waals surface area contributed by atoms with Crippen molar-refractivity contribution in [3.63, 3.8) is 0 Å². The average molecular weight is 461 g/mol. The summed E-state index contributed by atoms with van der Waals surface area (Å²) in [6.07, 6.45) is 0.106. The molecule has 0 unspecified atom stereocenters. The van der Waals surface area contributed by atoms with E-state index in [2.05, 4.69) is 0 Å². The Morgan fingerprint density at radius 2 is 1.85 bits per heavy atom. The van der Waals surface area contributed by atoms with Crippen molar-refractivity contribution in [2.75, 3.05) is 24.3 Å². The van der Waals surface area contributed by atoms with Crippen LogP contribution in [0.2, 0.25) is 0 Å². The summed E-state index contributed by atoms with van der Waals surface area (Å²) in [6.45, 7) is 0.117. The summed E-state index contributed by atoms with van der Waals surface area (Å²) in [6, 6.07) is 23.4. The van der Waals surface area contributed by atoms with Gasteiger partial charge in [-0.05, 0) is 48.5 Å². The van der Waals surface area contributed by atoms with Crippen LogP contribution >= 0.6 is 11.8 Å². The molecule has 0 spiro atoms. The van der Waals surface area contributed by atoms with Gasteiger partial charge in [0.25, 0.3) is 0 Å². The molecule has 0 aliphatic heterocycles. The molecular formula is C25H21FN4O2S. The Hall–Kier alpha value is -3.83. The smallest absolute Gasteiger partial charge is 0.237 e. The highest BCUT2D eigenvalue weighted by atomic mass is 32.2. The zero-order valence-corrected chi connectivity index (χ0v) is 18.8. The predicted octanol–water partition coefficient (Wildman–Crippen LogP) is 5.21. The van der Waals surface area contributed by atoms with Gasteiger partial charge in [0.05, 0.1) is 42.1 Å². The number of benzene rings is 3. The number of rotatable bonds is 8. The molecule has 1 amide bonds. The number of fused-ring (bicyclic) bond motifs is 1. The summed E-state index contributed by atoms with van der Waals surface area (Å²) < 4.78 is 21.6. The summed E-state index contributed by atoms with van der Waals surface area (Å²) in [4.78, 5) is 19.1. The number of para-hydroxylation sites is 3. The fraction of sp³-hybridized carbons (Fsp3) is 0.160. The van der Waals surface area contributed by atoms with Crippen molar-refractivity contribution in [2.45, 2.75) is 11.6 Å². The maximum atomic E-state index is 14.4. The van der Waals surface area contributed by atoms with Crippen molar-refractivity contribution in [2.24, 2.45) is 0 Å². The third kappa shape index (κ3) is 4.83. The minimum Gasteiger partial charge on any atom is -0.497 e. The lowest BCUT2D eigenvalue weighted by Crippen LogP contribution is -2.34. The number of anilines is 1. The van der Waals surface area contributed by atoms with Crippen LogP contribution in [0.1, 0.15) is 6.42 Å². The van der Waals surface area contributed by atoms with Crippen LogP contribution in [0.5, 0.6) is 5.75 Å². The molecule has 0 aliphatic rings. The van der Waals surface area contributed by atoms with Crippen LogP contribution in [-0.4, -0.2) is 34.9 Å². The zero-order valence-electron chi connectivity index (χ0n) is 17.9. The molecular weight excluding hydrogens is 439 g/mol. The molecule has 0 fully saturated rings. The standard InChI is InChI=1S/C25H21FN4O2S/c1-32-19-13-11-18(12-14-19)30-23-10-5-3-8-21(23)28-25(30)33-17-24(31)29(16-6-15-27)22-9-4-2-7-20(22)26/h2-5,7-14H,6,16-17H2,1H3. The monoisotopic (exact) mass is 460 g/mol. The Kier molecular flexibility index (Phi) is 6.91. The summed E-state index contributed by atoms with van der Waals surface area (Å²) in [5.74, 6) is -0.0160. The van der Waals surface area contributed by atoms with E-state index in [1.807, 2.05) is 59.2 Å². The molecule has 0 N–H and O–H groups in total. The molecule has 0 atom stereocenters. The lowest BCUT2D eigenvalue weighted by atomic mass is 10.2. The van der Waals surface area contributed by atoms with Gasteiger partial charge in [0.15, 0.2) is 5.16 Å². The minimum absolute atomic E-state index is 0.0409. The Labute approximate surface area is 195 Å². The maximum Gasteiger partial charge on any atom is 0.237 e. The molecule has 166 valence electrons. The van der Waals surface area contributed by atoms with Gasteiger partial charge >= 0.3 is 0 Å². The normalized spacial score (nSPS) is 10.7. The zero-order chi connectivity index (χ0) is 23.2. The van der Waals surface area contributed by atoms with Gasteiger partial charge in [-0.15, -0.1) is 0 Å². The number of amides is 1. The third-order valence-electron chi connectivity index (χ3n) is 5.08. The molecule has 1 aromatic heterocycles. The van der Waals surface area contributed by atoms with Crippen molar-refractivity contribution in [3.8, 4) is 17.5 Å². The van der Waals surface area contributed by atoms with Crippen molar-refractivity contribution < 1.29 is 13.9 Å². The fourth-order valence-electron chi connectivity index (χ4n) is 3.50. The molecule has 4 aromatic rings. The van der Waals surface area contributed by atoms with Gasteiger partial charge in [-0.25, -0.2) is 9.37 Å². The first-order chi connectivity index (χ1) is 16.1. The largest absolute Gasteiger partial charge is 0.497 e. The topological polar surface area (TPSA) is 71.2 Å². The van der Waals surface area contributed by atoms with Crippen LogP contribution in [0.15, 0.2) is 78.0 Å². The molecule has 6 nitrogen and oxygen atoms in total. The van der Waals surface area contributed by atoms with Gasteiger partial charge in [-0.1, -0.05) is 36.0 Å². The third-order valence-corrected chi connectivity index (χ3v) is 6.00. The van der Waals surface area contributed by atoms with Gasteiger partial charge in [-0.2, -0.15) is 5.26 Å². The second kappa shape index (κ2) is 10.2. The van der Waals surface area contributed by atoms with Gasteiger partial charge in [0.1, 0.15) is 11.6 Å². The number of hydrogen-bond donors (Lipinski definition) is 0. The Balaban J connectivity index is 1.64. The Morgan fingerprint density at radius 3 is 2.58 bits per heavy atom.